The van der Waals surface area contributed by atoms with Gasteiger partial charge in [-0.25, -0.2) is 4.79 Å². The Balaban J connectivity index is 5.39. The number of nitrogens with two attached hydrogens (primary N) is 3. The molecule has 0 aromatic rings. The van der Waals surface area contributed by atoms with Crippen molar-refractivity contribution < 1.29 is 33.9 Å². The van der Waals surface area contributed by atoms with Gasteiger partial charge in [0.1, 0.15) is 18.1 Å². The molecule has 0 saturated heterocycles. The van der Waals surface area contributed by atoms with E-state index in [1.54, 1.807) is 13.8 Å². The third kappa shape index (κ3) is 12.2. The summed E-state index contributed by atoms with van der Waals surface area (Å²) < 4.78 is 0. The first kappa shape index (κ1) is 27.8. The van der Waals surface area contributed by atoms with Gasteiger partial charge < -0.3 is 38.3 Å². The Kier molecular flexibility index (Phi) is 12.5. The minimum Gasteiger partial charge on any atom is -0.480 e. The van der Waals surface area contributed by atoms with Gasteiger partial charge in [-0.2, -0.15) is 0 Å². The minimum absolute atomic E-state index is 0.0624. The standard InChI is InChI=1S/C18H32N6O7/c1-9(2)7-12(17(29)23-11(18(30)31)4-6-14(21)26)24-16(28)10(3-5-13(20)25)22-15(27)8-19/h9-12H,3-8,19H2,1-2H3,(H2,20,25)(H2,21,26)(H,22,27)(H,23,29)(H,24,28)(H,30,31). The van der Waals surface area contributed by atoms with E-state index >= 15 is 0 Å². The summed E-state index contributed by atoms with van der Waals surface area (Å²) in [7, 11) is 0. The number of carbonyl (C=O) groups is 6. The van der Waals surface area contributed by atoms with Crippen LogP contribution in [0.1, 0.15) is 46.0 Å². The maximum Gasteiger partial charge on any atom is 0.326 e. The fourth-order valence-electron chi connectivity index (χ4n) is 2.60. The lowest BCUT2D eigenvalue weighted by Crippen LogP contribution is -2.56. The zero-order valence-corrected chi connectivity index (χ0v) is 17.7. The summed E-state index contributed by atoms with van der Waals surface area (Å²) in [6.07, 6.45) is -0.615. The van der Waals surface area contributed by atoms with Crippen molar-refractivity contribution in [2.45, 2.75) is 64.1 Å². The molecule has 0 fully saturated rings. The van der Waals surface area contributed by atoms with Crippen molar-refractivity contribution in [3.05, 3.63) is 0 Å². The number of hydrogen-bond acceptors (Lipinski definition) is 7. The topological polar surface area (TPSA) is 237 Å². The molecular formula is C18H32N6O7. The van der Waals surface area contributed by atoms with Gasteiger partial charge in [0.15, 0.2) is 0 Å². The van der Waals surface area contributed by atoms with Crippen LogP contribution in [0.3, 0.4) is 0 Å². The lowest BCUT2D eigenvalue weighted by Gasteiger charge is -2.25. The Morgan fingerprint density at radius 3 is 1.65 bits per heavy atom. The molecule has 13 nitrogen and oxygen atoms in total. The van der Waals surface area contributed by atoms with Crippen LogP contribution in [0.25, 0.3) is 0 Å². The molecule has 0 aromatic heterocycles. The summed E-state index contributed by atoms with van der Waals surface area (Å²) >= 11 is 0. The van der Waals surface area contributed by atoms with Gasteiger partial charge in [-0.15, -0.1) is 0 Å². The van der Waals surface area contributed by atoms with Crippen molar-refractivity contribution in [1.82, 2.24) is 16.0 Å². The monoisotopic (exact) mass is 444 g/mol. The Morgan fingerprint density at radius 1 is 0.774 bits per heavy atom. The SMILES string of the molecule is CC(C)CC(NC(=O)C(CCC(N)=O)NC(=O)CN)C(=O)NC(CCC(N)=O)C(=O)O. The number of nitrogens with one attached hydrogen (secondary N) is 3. The van der Waals surface area contributed by atoms with Crippen LogP contribution in [-0.4, -0.2) is 65.3 Å². The molecule has 0 rings (SSSR count). The maximum atomic E-state index is 12.7. The molecule has 0 aliphatic carbocycles. The molecular weight excluding hydrogens is 412 g/mol. The van der Waals surface area contributed by atoms with Gasteiger partial charge in [0, 0.05) is 12.8 Å². The van der Waals surface area contributed by atoms with E-state index in [2.05, 4.69) is 16.0 Å². The predicted octanol–water partition coefficient (Wildman–Crippen LogP) is -2.94. The van der Waals surface area contributed by atoms with Gasteiger partial charge in [-0.1, -0.05) is 13.8 Å². The average Bonchev–Trinajstić information content (AvgIpc) is 2.66. The molecule has 0 aliphatic heterocycles. The quantitative estimate of drug-likeness (QED) is 0.137. The molecule has 13 heteroatoms. The highest BCUT2D eigenvalue weighted by molar-refractivity contribution is 5.94. The van der Waals surface area contributed by atoms with E-state index in [-0.39, 0.29) is 38.0 Å². The summed E-state index contributed by atoms with van der Waals surface area (Å²) in [4.78, 5) is 70.3. The first-order chi connectivity index (χ1) is 14.4. The number of amides is 5. The van der Waals surface area contributed by atoms with Crippen LogP contribution in [0.15, 0.2) is 0 Å². The van der Waals surface area contributed by atoms with Gasteiger partial charge in [-0.05, 0) is 25.2 Å². The summed E-state index contributed by atoms with van der Waals surface area (Å²) in [5, 5.41) is 16.4. The van der Waals surface area contributed by atoms with E-state index in [4.69, 9.17) is 17.2 Å². The Hall–Kier alpha value is -3.22. The molecule has 0 aliphatic rings. The lowest BCUT2D eigenvalue weighted by molar-refractivity contribution is -0.142. The Labute approximate surface area is 179 Å². The van der Waals surface area contributed by atoms with Gasteiger partial charge in [0.05, 0.1) is 6.54 Å². The highest BCUT2D eigenvalue weighted by Crippen LogP contribution is 2.08. The first-order valence-electron chi connectivity index (χ1n) is 9.76. The van der Waals surface area contributed by atoms with E-state index in [0.29, 0.717) is 0 Å². The Morgan fingerprint density at radius 2 is 1.23 bits per heavy atom. The zero-order chi connectivity index (χ0) is 24.1. The summed E-state index contributed by atoms with van der Waals surface area (Å²) in [6.45, 7) is 3.18. The van der Waals surface area contributed by atoms with E-state index in [1.807, 2.05) is 0 Å². The third-order valence-corrected chi connectivity index (χ3v) is 4.15. The van der Waals surface area contributed by atoms with Crippen LogP contribution in [0.4, 0.5) is 0 Å². The van der Waals surface area contributed by atoms with Gasteiger partial charge >= 0.3 is 5.97 Å². The summed E-state index contributed by atoms with van der Waals surface area (Å²) in [5.41, 5.74) is 15.3. The van der Waals surface area contributed by atoms with E-state index < -0.39 is 60.2 Å². The Bertz CT molecular complexity index is 682. The molecule has 3 unspecified atom stereocenters. The second-order valence-corrected chi connectivity index (χ2v) is 7.42. The van der Waals surface area contributed by atoms with Crippen molar-refractivity contribution in [1.29, 1.82) is 0 Å². The number of aliphatic carboxylic acids is 1. The largest absolute Gasteiger partial charge is 0.480 e. The number of carboxylic acid groups (broad SMARTS) is 1. The van der Waals surface area contributed by atoms with Crippen LogP contribution < -0.4 is 33.2 Å². The molecule has 0 saturated carbocycles. The molecule has 0 spiro atoms. The molecule has 176 valence electrons. The van der Waals surface area contributed by atoms with Crippen LogP contribution in [-0.2, 0) is 28.8 Å². The number of carboxylic acids is 1. The fourth-order valence-corrected chi connectivity index (χ4v) is 2.60. The lowest BCUT2D eigenvalue weighted by atomic mass is 10.0. The van der Waals surface area contributed by atoms with Crippen LogP contribution in [0.5, 0.6) is 0 Å². The van der Waals surface area contributed by atoms with Crippen LogP contribution >= 0.6 is 0 Å². The molecule has 0 radical (unpaired) electrons. The number of carbonyl (C=O) groups excluding carboxylic acids is 5. The van der Waals surface area contributed by atoms with Crippen LogP contribution in [0.2, 0.25) is 0 Å². The van der Waals surface area contributed by atoms with Gasteiger partial charge in [0.25, 0.3) is 0 Å². The number of primary amides is 2. The van der Waals surface area contributed by atoms with Crippen molar-refractivity contribution in [3.8, 4) is 0 Å². The predicted molar refractivity (Wildman–Crippen MR) is 109 cm³/mol. The average molecular weight is 444 g/mol. The van der Waals surface area contributed by atoms with Crippen molar-refractivity contribution in [2.75, 3.05) is 6.54 Å². The minimum atomic E-state index is -1.38. The van der Waals surface area contributed by atoms with Crippen molar-refractivity contribution >= 4 is 35.5 Å². The van der Waals surface area contributed by atoms with E-state index in [1.165, 1.54) is 0 Å². The molecule has 31 heavy (non-hydrogen) atoms. The molecule has 5 amide bonds. The van der Waals surface area contributed by atoms with E-state index in [9.17, 15) is 33.9 Å². The molecule has 0 aromatic carbocycles. The van der Waals surface area contributed by atoms with Crippen molar-refractivity contribution in [3.63, 3.8) is 0 Å². The van der Waals surface area contributed by atoms with Crippen LogP contribution in [0, 0.1) is 5.92 Å². The summed E-state index contributed by atoms with van der Waals surface area (Å²) in [5.74, 6) is -5.01. The second-order valence-electron chi connectivity index (χ2n) is 7.42. The first-order valence-corrected chi connectivity index (χ1v) is 9.76. The molecule has 0 heterocycles. The highest BCUT2D eigenvalue weighted by Gasteiger charge is 2.30. The second kappa shape index (κ2) is 13.9. The molecule has 10 N–H and O–H groups in total. The zero-order valence-electron chi connectivity index (χ0n) is 17.7. The smallest absolute Gasteiger partial charge is 0.326 e. The van der Waals surface area contributed by atoms with Gasteiger partial charge in [-0.3, -0.25) is 24.0 Å². The normalized spacial score (nSPS) is 13.5. The fraction of sp³-hybridized carbons (Fsp3) is 0.667. The maximum absolute atomic E-state index is 12.7. The molecule has 0 bridgehead atoms. The van der Waals surface area contributed by atoms with Gasteiger partial charge in [0.2, 0.25) is 29.5 Å². The van der Waals surface area contributed by atoms with E-state index in [0.717, 1.165) is 0 Å². The number of hydrogen-bond donors (Lipinski definition) is 7. The third-order valence-electron chi connectivity index (χ3n) is 4.15. The summed E-state index contributed by atoms with van der Waals surface area (Å²) in [6, 6.07) is -3.68. The van der Waals surface area contributed by atoms with Crippen molar-refractivity contribution in [2.24, 2.45) is 23.1 Å². The highest BCUT2D eigenvalue weighted by atomic mass is 16.4. The number of rotatable bonds is 15. The molecule has 3 atom stereocenters.